The van der Waals surface area contributed by atoms with Crippen LogP contribution in [-0.2, 0) is 14.6 Å². The molecule has 1 aliphatic rings. The van der Waals surface area contributed by atoms with Crippen LogP contribution in [0.4, 0.5) is 0 Å². The lowest BCUT2D eigenvalue weighted by Gasteiger charge is -2.09. The molecular weight excluding hydrogens is 356 g/mol. The number of carbonyl (C=O) groups excluding carboxylic acids is 1. The van der Waals surface area contributed by atoms with E-state index in [4.69, 9.17) is 5.26 Å². The minimum absolute atomic E-state index is 0.0441. The number of sulfone groups is 1. The largest absolute Gasteiger partial charge is 0.348 e. The van der Waals surface area contributed by atoms with E-state index in [1.807, 2.05) is 12.1 Å². The van der Waals surface area contributed by atoms with Gasteiger partial charge in [-0.1, -0.05) is 28.1 Å². The summed E-state index contributed by atoms with van der Waals surface area (Å²) in [6.45, 7) is 0. The van der Waals surface area contributed by atoms with Gasteiger partial charge in [0.2, 0.25) is 0 Å². The normalized spacial score (nSPS) is 20.8. The van der Waals surface area contributed by atoms with Crippen molar-refractivity contribution in [3.63, 3.8) is 0 Å². The summed E-state index contributed by atoms with van der Waals surface area (Å²) in [6, 6.07) is 8.63. The molecule has 0 spiro atoms. The van der Waals surface area contributed by atoms with Crippen LogP contribution in [0.3, 0.4) is 0 Å². The molecule has 0 saturated carbocycles. The summed E-state index contributed by atoms with van der Waals surface area (Å²) in [5.74, 6) is -0.525. The van der Waals surface area contributed by atoms with E-state index in [1.54, 1.807) is 18.2 Å². The molecule has 7 heteroatoms. The number of nitrogens with one attached hydrogen (secondary N) is 1. The first-order chi connectivity index (χ1) is 9.89. The number of nitrogens with zero attached hydrogens (tertiary/aromatic N) is 1. The van der Waals surface area contributed by atoms with E-state index in [9.17, 15) is 13.2 Å². The molecule has 1 atom stereocenters. The number of rotatable bonds is 3. The Hall–Kier alpha value is -1.65. The minimum Gasteiger partial charge on any atom is -0.348 e. The van der Waals surface area contributed by atoms with Crippen LogP contribution in [0.5, 0.6) is 0 Å². The fraction of sp³-hybridized carbons (Fsp3) is 0.286. The Kier molecular flexibility index (Phi) is 4.80. The summed E-state index contributed by atoms with van der Waals surface area (Å²) >= 11 is 3.32. The molecule has 2 rings (SSSR count). The quantitative estimate of drug-likeness (QED) is 0.649. The SMILES string of the molecule is N#C/C(=C\c1cccc(Br)c1)C(=O)N[C@H]1CCS(=O)(=O)C1. The molecule has 5 nitrogen and oxygen atoms in total. The molecular formula is C14H13BrN2O3S. The highest BCUT2D eigenvalue weighted by atomic mass is 79.9. The average Bonchev–Trinajstić information content (AvgIpc) is 2.75. The summed E-state index contributed by atoms with van der Waals surface area (Å²) in [6.07, 6.45) is 1.87. The maximum Gasteiger partial charge on any atom is 0.262 e. The van der Waals surface area contributed by atoms with Gasteiger partial charge in [-0.25, -0.2) is 8.42 Å². The molecule has 0 bridgehead atoms. The average molecular weight is 369 g/mol. The van der Waals surface area contributed by atoms with Crippen molar-refractivity contribution < 1.29 is 13.2 Å². The third-order valence-corrected chi connectivity index (χ3v) is 5.35. The van der Waals surface area contributed by atoms with Crippen LogP contribution in [0.1, 0.15) is 12.0 Å². The Balaban J connectivity index is 2.11. The lowest BCUT2D eigenvalue weighted by molar-refractivity contribution is -0.117. The summed E-state index contributed by atoms with van der Waals surface area (Å²) in [4.78, 5) is 12.0. The number of amides is 1. The molecule has 110 valence electrons. The number of hydrogen-bond donors (Lipinski definition) is 1. The molecule has 1 aromatic carbocycles. The lowest BCUT2D eigenvalue weighted by atomic mass is 10.1. The van der Waals surface area contributed by atoms with Crippen LogP contribution >= 0.6 is 15.9 Å². The summed E-state index contributed by atoms with van der Waals surface area (Å²) in [5, 5.41) is 11.7. The number of hydrogen-bond acceptors (Lipinski definition) is 4. The molecule has 1 fully saturated rings. The topological polar surface area (TPSA) is 87.0 Å². The highest BCUT2D eigenvalue weighted by Gasteiger charge is 2.29. The Morgan fingerprint density at radius 1 is 1.48 bits per heavy atom. The molecule has 1 N–H and O–H groups in total. The van der Waals surface area contributed by atoms with Gasteiger partial charge >= 0.3 is 0 Å². The highest BCUT2D eigenvalue weighted by Crippen LogP contribution is 2.15. The van der Waals surface area contributed by atoms with Crippen LogP contribution < -0.4 is 5.32 Å². The zero-order chi connectivity index (χ0) is 15.5. The summed E-state index contributed by atoms with van der Waals surface area (Å²) in [7, 11) is -3.06. The fourth-order valence-corrected chi connectivity index (χ4v) is 4.17. The van der Waals surface area contributed by atoms with Crippen LogP contribution in [0.2, 0.25) is 0 Å². The van der Waals surface area contributed by atoms with E-state index in [0.29, 0.717) is 6.42 Å². The van der Waals surface area contributed by atoms with Crippen LogP contribution in [0, 0.1) is 11.3 Å². The van der Waals surface area contributed by atoms with Crippen molar-refractivity contribution in [3.8, 4) is 6.07 Å². The third-order valence-electron chi connectivity index (χ3n) is 3.09. The molecule has 0 unspecified atom stereocenters. The second-order valence-electron chi connectivity index (χ2n) is 4.80. The van der Waals surface area contributed by atoms with Gasteiger partial charge in [-0.15, -0.1) is 0 Å². The van der Waals surface area contributed by atoms with E-state index in [0.717, 1.165) is 10.0 Å². The Morgan fingerprint density at radius 3 is 2.81 bits per heavy atom. The zero-order valence-electron chi connectivity index (χ0n) is 11.0. The smallest absolute Gasteiger partial charge is 0.262 e. The van der Waals surface area contributed by atoms with Crippen molar-refractivity contribution in [2.24, 2.45) is 0 Å². The Labute approximate surface area is 131 Å². The maximum atomic E-state index is 12.0. The lowest BCUT2D eigenvalue weighted by Crippen LogP contribution is -2.36. The molecule has 1 aliphatic heterocycles. The zero-order valence-corrected chi connectivity index (χ0v) is 13.4. The van der Waals surface area contributed by atoms with Crippen LogP contribution in [-0.4, -0.2) is 31.9 Å². The van der Waals surface area contributed by atoms with Crippen molar-refractivity contribution >= 4 is 37.8 Å². The van der Waals surface area contributed by atoms with E-state index < -0.39 is 21.8 Å². The van der Waals surface area contributed by atoms with E-state index in [1.165, 1.54) is 6.08 Å². The molecule has 0 aromatic heterocycles. The second-order valence-corrected chi connectivity index (χ2v) is 7.94. The van der Waals surface area contributed by atoms with Crippen molar-refractivity contribution in [2.45, 2.75) is 12.5 Å². The van der Waals surface area contributed by atoms with E-state index >= 15 is 0 Å². The Bertz CT molecular complexity index is 735. The van der Waals surface area contributed by atoms with E-state index in [2.05, 4.69) is 21.2 Å². The number of nitriles is 1. The molecule has 1 amide bonds. The first-order valence-electron chi connectivity index (χ1n) is 6.28. The van der Waals surface area contributed by atoms with Gasteiger partial charge in [0.05, 0.1) is 11.5 Å². The molecule has 1 heterocycles. The number of carbonyl (C=O) groups is 1. The number of halogens is 1. The predicted molar refractivity (Wildman–Crippen MR) is 82.9 cm³/mol. The third kappa shape index (κ3) is 4.41. The van der Waals surface area contributed by atoms with Crippen molar-refractivity contribution in [3.05, 3.63) is 39.9 Å². The fourth-order valence-electron chi connectivity index (χ4n) is 2.08. The van der Waals surface area contributed by atoms with Crippen molar-refractivity contribution in [1.82, 2.24) is 5.32 Å². The first-order valence-corrected chi connectivity index (χ1v) is 8.90. The first kappa shape index (κ1) is 15.7. The van der Waals surface area contributed by atoms with Gasteiger partial charge in [0.25, 0.3) is 5.91 Å². The molecule has 1 aromatic rings. The second kappa shape index (κ2) is 6.41. The van der Waals surface area contributed by atoms with Gasteiger partial charge in [-0.05, 0) is 30.2 Å². The molecule has 0 aliphatic carbocycles. The van der Waals surface area contributed by atoms with Gasteiger partial charge in [0.15, 0.2) is 9.84 Å². The van der Waals surface area contributed by atoms with Gasteiger partial charge in [0, 0.05) is 10.5 Å². The predicted octanol–water partition coefficient (Wildman–Crippen LogP) is 1.66. The van der Waals surface area contributed by atoms with Crippen molar-refractivity contribution in [2.75, 3.05) is 11.5 Å². The van der Waals surface area contributed by atoms with E-state index in [-0.39, 0.29) is 17.1 Å². The monoisotopic (exact) mass is 368 g/mol. The number of benzene rings is 1. The maximum absolute atomic E-state index is 12.0. The highest BCUT2D eigenvalue weighted by molar-refractivity contribution is 9.10. The minimum atomic E-state index is -3.06. The van der Waals surface area contributed by atoms with Crippen LogP contribution in [0.25, 0.3) is 6.08 Å². The van der Waals surface area contributed by atoms with Crippen molar-refractivity contribution in [1.29, 1.82) is 5.26 Å². The van der Waals surface area contributed by atoms with Gasteiger partial charge in [0.1, 0.15) is 11.6 Å². The van der Waals surface area contributed by atoms with Gasteiger partial charge in [-0.3, -0.25) is 4.79 Å². The molecule has 1 saturated heterocycles. The molecule has 21 heavy (non-hydrogen) atoms. The Morgan fingerprint density at radius 2 is 2.24 bits per heavy atom. The molecule has 0 radical (unpaired) electrons. The van der Waals surface area contributed by atoms with Gasteiger partial charge < -0.3 is 5.32 Å². The van der Waals surface area contributed by atoms with Crippen LogP contribution in [0.15, 0.2) is 34.3 Å². The standard InChI is InChI=1S/C14H13BrN2O3S/c15-12-3-1-2-10(7-12)6-11(8-16)14(18)17-13-4-5-21(19,20)9-13/h1-3,6-7,13H,4-5,9H2,(H,17,18)/b11-6+/t13-/m0/s1. The summed E-state index contributed by atoms with van der Waals surface area (Å²) < 4.78 is 23.6. The summed E-state index contributed by atoms with van der Waals surface area (Å²) in [5.41, 5.74) is 0.674. The van der Waals surface area contributed by atoms with Gasteiger partial charge in [-0.2, -0.15) is 5.26 Å².